The van der Waals surface area contributed by atoms with Gasteiger partial charge in [0, 0.05) is 6.08 Å². The fraction of sp³-hybridized carbons (Fsp3) is 0.722. The zero-order valence-corrected chi connectivity index (χ0v) is 13.8. The first-order valence-corrected chi connectivity index (χ1v) is 8.50. The number of hydrogen-bond donors (Lipinski definition) is 3. The predicted molar refractivity (Wildman–Crippen MR) is 89.8 cm³/mol. The van der Waals surface area contributed by atoms with Crippen molar-refractivity contribution in [3.63, 3.8) is 0 Å². The van der Waals surface area contributed by atoms with Gasteiger partial charge in [-0.1, -0.05) is 63.7 Å². The molecule has 128 valence electrons. The van der Waals surface area contributed by atoms with E-state index in [0.29, 0.717) is 12.8 Å². The topological polar surface area (TPSA) is 77.8 Å². The van der Waals surface area contributed by atoms with Crippen molar-refractivity contribution in [3.05, 3.63) is 24.3 Å². The number of carboxylic acid groups (broad SMARTS) is 1. The highest BCUT2D eigenvalue weighted by Crippen LogP contribution is 2.13. The smallest absolute Gasteiger partial charge is 0.328 e. The molecule has 0 bridgehead atoms. The normalized spacial score (nSPS) is 14.7. The maximum absolute atomic E-state index is 10.2. The molecule has 0 amide bonds. The molecule has 3 N–H and O–H groups in total. The summed E-state index contributed by atoms with van der Waals surface area (Å²) in [4.78, 5) is 10.2. The molecule has 0 aromatic rings. The first-order valence-electron chi connectivity index (χ1n) is 8.50. The molecule has 0 spiro atoms. The molecule has 22 heavy (non-hydrogen) atoms. The summed E-state index contributed by atoms with van der Waals surface area (Å²) in [6, 6.07) is 0. The van der Waals surface area contributed by atoms with Crippen molar-refractivity contribution in [1.82, 2.24) is 0 Å². The summed E-state index contributed by atoms with van der Waals surface area (Å²) in [5.74, 6) is -0.960. The number of allylic oxidation sites excluding steroid dienone is 3. The van der Waals surface area contributed by atoms with Gasteiger partial charge in [-0.05, 0) is 25.7 Å². The molecule has 0 rings (SSSR count). The molecule has 4 nitrogen and oxygen atoms in total. The monoisotopic (exact) mass is 312 g/mol. The minimum absolute atomic E-state index is 0.573. The van der Waals surface area contributed by atoms with E-state index in [4.69, 9.17) is 5.11 Å². The third kappa shape index (κ3) is 13.8. The molecule has 2 atom stereocenters. The fourth-order valence-corrected chi connectivity index (χ4v) is 2.28. The average Bonchev–Trinajstić information content (AvgIpc) is 2.49. The van der Waals surface area contributed by atoms with Crippen molar-refractivity contribution in [1.29, 1.82) is 0 Å². The van der Waals surface area contributed by atoms with Crippen LogP contribution in [0.1, 0.15) is 71.1 Å². The SMILES string of the molecule is CCCCCCCCC(O)C(O)CCCC=CC=CC(=O)O. The molecule has 0 aromatic heterocycles. The van der Waals surface area contributed by atoms with Crippen molar-refractivity contribution in [3.8, 4) is 0 Å². The number of aliphatic hydroxyl groups excluding tert-OH is 2. The molecule has 0 aliphatic carbocycles. The van der Waals surface area contributed by atoms with E-state index >= 15 is 0 Å². The summed E-state index contributed by atoms with van der Waals surface area (Å²) in [5, 5.41) is 28.1. The first kappa shape index (κ1) is 20.9. The number of rotatable bonds is 14. The van der Waals surface area contributed by atoms with Gasteiger partial charge in [0.2, 0.25) is 0 Å². The Kier molecular flexibility index (Phi) is 14.0. The second-order valence-electron chi connectivity index (χ2n) is 5.75. The Morgan fingerprint density at radius 1 is 0.909 bits per heavy atom. The molecule has 4 heteroatoms. The van der Waals surface area contributed by atoms with Crippen LogP contribution in [0, 0.1) is 0 Å². The molecular weight excluding hydrogens is 280 g/mol. The fourth-order valence-electron chi connectivity index (χ4n) is 2.28. The summed E-state index contributed by atoms with van der Waals surface area (Å²) in [5.41, 5.74) is 0. The van der Waals surface area contributed by atoms with E-state index in [1.165, 1.54) is 31.8 Å². The van der Waals surface area contributed by atoms with Crippen molar-refractivity contribution in [2.75, 3.05) is 0 Å². The standard InChI is InChI=1S/C18H32O4/c1-2-3-4-5-7-10-13-16(19)17(20)14-11-8-6-9-12-15-18(21)22/h6,9,12,15-17,19-20H,2-5,7-8,10-11,13-14H2,1H3,(H,21,22). The van der Waals surface area contributed by atoms with Crippen molar-refractivity contribution < 1.29 is 20.1 Å². The minimum atomic E-state index is -0.960. The second kappa shape index (κ2) is 14.8. The maximum Gasteiger partial charge on any atom is 0.328 e. The van der Waals surface area contributed by atoms with E-state index in [0.717, 1.165) is 31.8 Å². The van der Waals surface area contributed by atoms with Gasteiger partial charge >= 0.3 is 5.97 Å². The summed E-state index contributed by atoms with van der Waals surface area (Å²) in [6.45, 7) is 2.19. The Morgan fingerprint density at radius 3 is 2.14 bits per heavy atom. The largest absolute Gasteiger partial charge is 0.478 e. The van der Waals surface area contributed by atoms with Crippen LogP contribution in [0.3, 0.4) is 0 Å². The van der Waals surface area contributed by atoms with E-state index in [2.05, 4.69) is 6.92 Å². The van der Waals surface area contributed by atoms with E-state index < -0.39 is 18.2 Å². The quantitative estimate of drug-likeness (QED) is 0.259. The molecule has 0 heterocycles. The summed E-state index contributed by atoms with van der Waals surface area (Å²) < 4.78 is 0. The summed E-state index contributed by atoms with van der Waals surface area (Å²) in [6.07, 6.45) is 14.7. The highest BCUT2D eigenvalue weighted by atomic mass is 16.4. The average molecular weight is 312 g/mol. The van der Waals surface area contributed by atoms with E-state index in [9.17, 15) is 15.0 Å². The van der Waals surface area contributed by atoms with Crippen LogP contribution in [0.2, 0.25) is 0 Å². The molecule has 0 fully saturated rings. The Bertz CT molecular complexity index is 323. The van der Waals surface area contributed by atoms with Gasteiger partial charge in [-0.15, -0.1) is 0 Å². The number of aliphatic carboxylic acids is 1. The Morgan fingerprint density at radius 2 is 1.50 bits per heavy atom. The molecule has 0 saturated heterocycles. The Balaban J connectivity index is 3.57. The molecular formula is C18H32O4. The highest BCUT2D eigenvalue weighted by Gasteiger charge is 2.14. The van der Waals surface area contributed by atoms with Crippen molar-refractivity contribution >= 4 is 5.97 Å². The van der Waals surface area contributed by atoms with Crippen LogP contribution in [0.15, 0.2) is 24.3 Å². The lowest BCUT2D eigenvalue weighted by molar-refractivity contribution is -0.131. The third-order valence-electron chi connectivity index (χ3n) is 3.65. The summed E-state index contributed by atoms with van der Waals surface area (Å²) >= 11 is 0. The molecule has 2 unspecified atom stereocenters. The molecule has 0 aromatic carbocycles. The van der Waals surface area contributed by atoms with Crippen LogP contribution in [0.4, 0.5) is 0 Å². The summed E-state index contributed by atoms with van der Waals surface area (Å²) in [7, 11) is 0. The number of carboxylic acids is 1. The lowest BCUT2D eigenvalue weighted by atomic mass is 10.0. The van der Waals surface area contributed by atoms with Crippen LogP contribution in [0.5, 0.6) is 0 Å². The van der Waals surface area contributed by atoms with Gasteiger partial charge in [0.1, 0.15) is 0 Å². The zero-order chi connectivity index (χ0) is 16.6. The van der Waals surface area contributed by atoms with Gasteiger partial charge in [0.15, 0.2) is 0 Å². The van der Waals surface area contributed by atoms with Crippen LogP contribution in [-0.4, -0.2) is 33.5 Å². The Hall–Kier alpha value is -1.13. The van der Waals surface area contributed by atoms with Crippen LogP contribution in [0.25, 0.3) is 0 Å². The number of unbranched alkanes of at least 4 members (excludes halogenated alkanes) is 6. The highest BCUT2D eigenvalue weighted by molar-refractivity contribution is 5.80. The predicted octanol–water partition coefficient (Wildman–Crippen LogP) is 3.83. The first-order chi connectivity index (χ1) is 10.6. The van der Waals surface area contributed by atoms with Crippen LogP contribution >= 0.6 is 0 Å². The van der Waals surface area contributed by atoms with Crippen molar-refractivity contribution in [2.45, 2.75) is 83.3 Å². The van der Waals surface area contributed by atoms with Crippen molar-refractivity contribution in [2.24, 2.45) is 0 Å². The van der Waals surface area contributed by atoms with E-state index in [-0.39, 0.29) is 0 Å². The number of carbonyl (C=O) groups is 1. The Labute approximate surface area is 134 Å². The lowest BCUT2D eigenvalue weighted by Crippen LogP contribution is -2.25. The number of aliphatic hydroxyl groups is 2. The van der Waals surface area contributed by atoms with Gasteiger partial charge in [-0.3, -0.25) is 0 Å². The van der Waals surface area contributed by atoms with Crippen LogP contribution in [-0.2, 0) is 4.79 Å². The second-order valence-corrected chi connectivity index (χ2v) is 5.75. The minimum Gasteiger partial charge on any atom is -0.478 e. The number of hydrogen-bond acceptors (Lipinski definition) is 3. The maximum atomic E-state index is 10.2. The van der Waals surface area contributed by atoms with Crippen LogP contribution < -0.4 is 0 Å². The van der Waals surface area contributed by atoms with E-state index in [1.807, 2.05) is 6.08 Å². The van der Waals surface area contributed by atoms with Gasteiger partial charge in [-0.25, -0.2) is 4.79 Å². The lowest BCUT2D eigenvalue weighted by Gasteiger charge is -2.17. The molecule has 0 radical (unpaired) electrons. The molecule has 0 aliphatic heterocycles. The van der Waals surface area contributed by atoms with E-state index in [1.54, 1.807) is 6.08 Å². The zero-order valence-electron chi connectivity index (χ0n) is 13.8. The molecule has 0 saturated carbocycles. The van der Waals surface area contributed by atoms with Gasteiger partial charge in [0.05, 0.1) is 12.2 Å². The van der Waals surface area contributed by atoms with Gasteiger partial charge in [-0.2, -0.15) is 0 Å². The van der Waals surface area contributed by atoms with Gasteiger partial charge in [0.25, 0.3) is 0 Å². The third-order valence-corrected chi connectivity index (χ3v) is 3.65. The molecule has 0 aliphatic rings. The van der Waals surface area contributed by atoms with Gasteiger partial charge < -0.3 is 15.3 Å².